The van der Waals surface area contributed by atoms with Crippen LogP contribution in [-0.2, 0) is 19.6 Å². The number of ether oxygens (including phenoxy) is 4. The number of amides is 1. The summed E-state index contributed by atoms with van der Waals surface area (Å²) in [6.45, 7) is 10.7. The highest BCUT2D eigenvalue weighted by molar-refractivity contribution is 7.90. The molecule has 4 heterocycles. The van der Waals surface area contributed by atoms with Crippen molar-refractivity contribution in [3.05, 3.63) is 238 Å². The standard InChI is InChI=1S/C76H64B2F3N7O8S3/c1-5-22-56(89)31-18-20-45-95-57-39-35-51(36-40-57)71-68-67(72(61(49-82)74-84-62-47-59(93-3)41-43-64(62)97-74)87(71)77(52-23-10-6-11-24-52)53-25-12-7-13-26-53)70(50-33-37-58(38-34-50)96-46-21-19-32-66(90)86-99(91,92)76(79,80)81)88(78(54-27-14-8-15-28-54)55-29-16-9-17-30-55)73(68)69(83-2)75-85-63-48-60(94-4)42-44-65(63)98-75/h6-17,23-30,33-44,47-48H,5,18-22,31-32,45-46H2,1,3-4H3,(H,86,90)/b72-61-,73-69+. The van der Waals surface area contributed by atoms with E-state index in [1.54, 1.807) is 26.4 Å². The molecule has 12 aromatic rings. The fourth-order valence-electron chi connectivity index (χ4n) is 12.4. The number of nitrogens with one attached hydrogen (secondary N) is 1. The number of hydrogen-bond acceptors (Lipinski definition) is 13. The van der Waals surface area contributed by atoms with Gasteiger partial charge in [0.1, 0.15) is 50.4 Å². The molecule has 0 saturated heterocycles. The number of Topliss-reactive ketones (excluding diaryl/α,β-unsaturated/α-hetero) is 1. The molecular weight excluding hydrogens is 1310 g/mol. The van der Waals surface area contributed by atoms with Crippen molar-refractivity contribution in [2.75, 3.05) is 27.4 Å². The molecule has 23 heteroatoms. The maximum Gasteiger partial charge on any atom is 0.516 e. The summed E-state index contributed by atoms with van der Waals surface area (Å²) in [5.41, 5.74) is 2.03. The number of rotatable bonds is 27. The smallest absolute Gasteiger partial charge is 0.497 e. The Morgan fingerprint density at radius 3 is 1.41 bits per heavy atom. The lowest BCUT2D eigenvalue weighted by Crippen LogP contribution is -2.54. The Balaban J connectivity index is 1.23. The van der Waals surface area contributed by atoms with Crippen LogP contribution in [0.4, 0.5) is 13.2 Å². The predicted molar refractivity (Wildman–Crippen MR) is 388 cm³/mol. The van der Waals surface area contributed by atoms with Crippen LogP contribution in [0.2, 0.25) is 0 Å². The second-order valence-corrected chi connectivity index (χ2v) is 27.1. The van der Waals surface area contributed by atoms with Crippen LogP contribution in [0.3, 0.4) is 0 Å². The first-order chi connectivity index (χ1) is 48.1. The Kier molecular flexibility index (Phi) is 20.9. The lowest BCUT2D eigenvalue weighted by atomic mass is 9.50. The first-order valence-corrected chi connectivity index (χ1v) is 35.3. The Bertz CT molecular complexity index is 5070. The van der Waals surface area contributed by atoms with E-state index < -0.39 is 41.6 Å². The molecule has 8 aromatic carbocycles. The van der Waals surface area contributed by atoms with Gasteiger partial charge in [0.25, 0.3) is 0 Å². The molecule has 496 valence electrons. The number of benzene rings is 8. The Hall–Kier alpha value is -10.7. The highest BCUT2D eigenvalue weighted by Gasteiger charge is 2.47. The molecule has 0 radical (unpaired) electrons. The molecule has 0 aliphatic rings. The van der Waals surface area contributed by atoms with Crippen LogP contribution in [0.25, 0.3) is 69.8 Å². The van der Waals surface area contributed by atoms with Gasteiger partial charge in [-0.2, -0.15) is 26.9 Å². The summed E-state index contributed by atoms with van der Waals surface area (Å²) in [5.74, 6) is 1.10. The zero-order chi connectivity index (χ0) is 69.2. The molecule has 0 unspecified atom stereocenters. The first kappa shape index (κ1) is 68.2. The zero-order valence-corrected chi connectivity index (χ0v) is 56.6. The average Bonchev–Trinajstić information content (AvgIpc) is 1.52. The van der Waals surface area contributed by atoms with E-state index in [9.17, 15) is 43.0 Å². The maximum absolute atomic E-state index is 13.1. The number of halogens is 3. The summed E-state index contributed by atoms with van der Waals surface area (Å²) < 4.78 is 94.0. The number of ketones is 1. The number of aromatic nitrogens is 4. The minimum absolute atomic E-state index is 0.0139. The molecule has 0 atom stereocenters. The van der Waals surface area contributed by atoms with Crippen LogP contribution in [0.1, 0.15) is 68.3 Å². The number of hydrogen-bond donors (Lipinski definition) is 1. The van der Waals surface area contributed by atoms with E-state index in [0.29, 0.717) is 120 Å². The zero-order valence-electron chi connectivity index (χ0n) is 54.2. The van der Waals surface area contributed by atoms with Crippen molar-refractivity contribution in [3.8, 4) is 51.6 Å². The van der Waals surface area contributed by atoms with E-state index in [4.69, 9.17) is 28.9 Å². The third kappa shape index (κ3) is 14.6. The topological polar surface area (TPSA) is 181 Å². The highest BCUT2D eigenvalue weighted by atomic mass is 32.2. The minimum Gasteiger partial charge on any atom is -0.497 e. The normalized spacial score (nSPS) is 12.2. The van der Waals surface area contributed by atoms with Gasteiger partial charge in [-0.05, 0) is 116 Å². The van der Waals surface area contributed by atoms with E-state index >= 15 is 0 Å². The number of methoxy groups -OCH3 is 2. The van der Waals surface area contributed by atoms with Crippen LogP contribution in [-0.4, -0.2) is 85.7 Å². The minimum atomic E-state index is -5.87. The number of carbonyl (C=O) groups excluding carboxylic acids is 2. The number of carbonyl (C=O) groups is 2. The van der Waals surface area contributed by atoms with Gasteiger partial charge in [0.05, 0.1) is 59.8 Å². The number of fused-ring (bicyclic) bond motifs is 3. The monoisotopic (exact) mass is 1380 g/mol. The SMILES string of the molecule is [C-]#[N+]/C(c1nc2cc(OC)ccc2s1)=c1\c2c(-c3ccc(OCCCCC(=O)CCC)cc3)n(B(c3ccccc3)c3ccccc3)/c(=C(/C#N)c3nc4cc(OC)ccc4s3)c2c(-c2ccc(OCCCCC(=O)NS(=O)(=O)C(F)(F)F)cc2)n1B(c1ccccc1)c1ccccc1. The number of sulfonamides is 1. The molecule has 0 aliphatic carbocycles. The van der Waals surface area contributed by atoms with Crippen molar-refractivity contribution in [3.63, 3.8) is 0 Å². The molecule has 12 rings (SSSR count). The molecule has 0 bridgehead atoms. The van der Waals surface area contributed by atoms with Gasteiger partial charge in [0, 0.05) is 58.9 Å². The quantitative estimate of drug-likeness (QED) is 0.0294. The summed E-state index contributed by atoms with van der Waals surface area (Å²) in [6.07, 6.45) is 2.89. The lowest BCUT2D eigenvalue weighted by molar-refractivity contribution is -0.120. The van der Waals surface area contributed by atoms with E-state index in [0.717, 1.165) is 42.4 Å². The second kappa shape index (κ2) is 30.4. The predicted octanol–water partition coefficient (Wildman–Crippen LogP) is 12.6. The van der Waals surface area contributed by atoms with Gasteiger partial charge in [-0.3, -0.25) is 9.59 Å². The Morgan fingerprint density at radius 1 is 0.576 bits per heavy atom. The molecule has 0 spiro atoms. The molecular formula is C76H64B2F3N7O8S3. The van der Waals surface area contributed by atoms with Crippen LogP contribution in [0.15, 0.2) is 206 Å². The van der Waals surface area contributed by atoms with Crippen LogP contribution >= 0.6 is 22.7 Å². The molecule has 0 aliphatic heterocycles. The lowest BCUT2D eigenvalue weighted by Gasteiger charge is -2.24. The molecule has 99 heavy (non-hydrogen) atoms. The van der Waals surface area contributed by atoms with Crippen molar-refractivity contribution in [2.45, 2.75) is 63.8 Å². The van der Waals surface area contributed by atoms with Gasteiger partial charge in [0.2, 0.25) is 11.6 Å². The molecule has 15 nitrogen and oxygen atoms in total. The molecule has 1 N–H and O–H groups in total. The van der Waals surface area contributed by atoms with Crippen LogP contribution in [0, 0.1) is 17.9 Å². The summed E-state index contributed by atoms with van der Waals surface area (Å²) in [5, 5.41) is 15.5. The Morgan fingerprint density at radius 2 is 0.990 bits per heavy atom. The van der Waals surface area contributed by atoms with Crippen molar-refractivity contribution in [1.29, 1.82) is 5.26 Å². The summed E-state index contributed by atoms with van der Waals surface area (Å²) >= 11 is 2.74. The van der Waals surface area contributed by atoms with E-state index in [1.165, 1.54) is 22.7 Å². The number of unbranched alkanes of at least 4 members (excludes halogenated alkanes) is 2. The Labute approximate surface area is 579 Å². The van der Waals surface area contributed by atoms with E-state index in [2.05, 4.69) is 68.4 Å². The van der Waals surface area contributed by atoms with E-state index in [-0.39, 0.29) is 36.5 Å². The fourth-order valence-corrected chi connectivity index (χ4v) is 14.8. The molecule has 1 amide bonds. The average molecular weight is 1380 g/mol. The van der Waals surface area contributed by atoms with Gasteiger partial charge in [-0.15, -0.1) is 22.7 Å². The number of nitrogens with zero attached hydrogens (tertiary/aromatic N) is 6. The van der Waals surface area contributed by atoms with Gasteiger partial charge in [-0.25, -0.2) is 19.5 Å². The van der Waals surface area contributed by atoms with Crippen molar-refractivity contribution in [2.24, 2.45) is 0 Å². The van der Waals surface area contributed by atoms with Crippen LogP contribution < -0.4 is 56.2 Å². The summed E-state index contributed by atoms with van der Waals surface area (Å²) in [7, 11) is -2.69. The largest absolute Gasteiger partial charge is 0.516 e. The van der Waals surface area contributed by atoms with Gasteiger partial charge in [-0.1, -0.05) is 150 Å². The second-order valence-electron chi connectivity index (χ2n) is 23.4. The summed E-state index contributed by atoms with van der Waals surface area (Å²) in [4.78, 5) is 40.1. The van der Waals surface area contributed by atoms with Gasteiger partial charge >= 0.3 is 29.2 Å². The molecule has 0 saturated carbocycles. The van der Waals surface area contributed by atoms with E-state index in [1.807, 2.05) is 153 Å². The third-order valence-corrected chi connectivity index (χ3v) is 20.2. The van der Waals surface area contributed by atoms with Gasteiger partial charge in [0.15, 0.2) is 0 Å². The van der Waals surface area contributed by atoms with Gasteiger partial charge < -0.3 is 27.9 Å². The molecule has 0 fully saturated rings. The van der Waals surface area contributed by atoms with Crippen molar-refractivity contribution in [1.82, 2.24) is 23.6 Å². The van der Waals surface area contributed by atoms with Crippen molar-refractivity contribution >= 4 is 122 Å². The maximum atomic E-state index is 13.1. The summed E-state index contributed by atoms with van der Waals surface area (Å²) in [6, 6.07) is 69.5. The molecule has 4 aromatic heterocycles. The van der Waals surface area contributed by atoms with Crippen molar-refractivity contribution < 1.29 is 50.1 Å². The fraction of sp³-hybridized carbons (Fsp3) is 0.184. The third-order valence-electron chi connectivity index (χ3n) is 17.0. The number of alkyl halides is 3. The number of nitriles is 1. The number of thiazole rings is 2. The highest BCUT2D eigenvalue weighted by Crippen LogP contribution is 2.40. The first-order valence-electron chi connectivity index (χ1n) is 32.2. The van der Waals surface area contributed by atoms with Crippen LogP contribution in [0.5, 0.6) is 23.0 Å².